The molecule has 0 radical (unpaired) electrons. The number of nitrogens with zero attached hydrogens (tertiary/aromatic N) is 5. The predicted octanol–water partition coefficient (Wildman–Crippen LogP) is 5.14. The number of carbonyl (C=O) groups is 2. The molecule has 9 nitrogen and oxygen atoms in total. The van der Waals surface area contributed by atoms with Gasteiger partial charge in [0.15, 0.2) is 5.69 Å². The van der Waals surface area contributed by atoms with Crippen LogP contribution in [0.4, 0.5) is 39.5 Å². The summed E-state index contributed by atoms with van der Waals surface area (Å²) in [6, 6.07) is 6.35. The molecule has 0 aliphatic carbocycles. The quantitative estimate of drug-likeness (QED) is 0.389. The monoisotopic (exact) mass is 606 g/mol. The minimum absolute atomic E-state index is 0.157. The van der Waals surface area contributed by atoms with Gasteiger partial charge in [-0.15, -0.1) is 0 Å². The van der Waals surface area contributed by atoms with Crippen molar-refractivity contribution in [3.63, 3.8) is 0 Å². The average molecular weight is 607 g/mol. The van der Waals surface area contributed by atoms with E-state index >= 15 is 0 Å². The molecule has 2 aromatic heterocycles. The largest absolute Gasteiger partial charge is 0.437 e. The van der Waals surface area contributed by atoms with Gasteiger partial charge in [-0.05, 0) is 49.4 Å². The number of nitrogens with one attached hydrogen (secondary N) is 1. The molecule has 43 heavy (non-hydrogen) atoms. The molecule has 0 spiro atoms. The van der Waals surface area contributed by atoms with Crippen LogP contribution in [-0.4, -0.2) is 66.0 Å². The number of aromatic nitrogens is 2. The second-order valence-electron chi connectivity index (χ2n) is 10.8. The highest BCUT2D eigenvalue weighted by Gasteiger charge is 2.42. The van der Waals surface area contributed by atoms with Gasteiger partial charge in [0.1, 0.15) is 17.5 Å². The van der Waals surface area contributed by atoms with E-state index in [1.54, 1.807) is 15.9 Å². The van der Waals surface area contributed by atoms with Gasteiger partial charge in [-0.25, -0.2) is 13.8 Å². The molecule has 4 heterocycles. The van der Waals surface area contributed by atoms with Crippen molar-refractivity contribution in [1.29, 1.82) is 0 Å². The van der Waals surface area contributed by atoms with Crippen LogP contribution >= 0.6 is 0 Å². The Bertz CT molecular complexity index is 1440. The van der Waals surface area contributed by atoms with Crippen molar-refractivity contribution >= 4 is 29.3 Å². The van der Waals surface area contributed by atoms with Crippen molar-refractivity contribution in [1.82, 2.24) is 14.9 Å². The highest BCUT2D eigenvalue weighted by atomic mass is 19.4. The van der Waals surface area contributed by atoms with Gasteiger partial charge in [0, 0.05) is 44.8 Å². The van der Waals surface area contributed by atoms with Crippen molar-refractivity contribution in [2.24, 2.45) is 5.92 Å². The molecule has 2 saturated heterocycles. The number of amides is 2. The Hall–Kier alpha value is -4.23. The van der Waals surface area contributed by atoms with Crippen molar-refractivity contribution in [3.05, 3.63) is 65.2 Å². The molecule has 2 amide bonds. The maximum absolute atomic E-state index is 14.0. The van der Waals surface area contributed by atoms with Gasteiger partial charge in [0.25, 0.3) is 11.9 Å². The van der Waals surface area contributed by atoms with E-state index in [0.717, 1.165) is 25.0 Å². The Morgan fingerprint density at radius 3 is 2.42 bits per heavy atom. The number of anilines is 3. The zero-order valence-corrected chi connectivity index (χ0v) is 23.5. The third-order valence-corrected chi connectivity index (χ3v) is 7.59. The van der Waals surface area contributed by atoms with Gasteiger partial charge < -0.3 is 24.4 Å². The fourth-order valence-electron chi connectivity index (χ4n) is 5.35. The van der Waals surface area contributed by atoms with Crippen LogP contribution in [0.5, 0.6) is 0 Å². The topological polar surface area (TPSA) is 94.8 Å². The molecule has 1 N–H and O–H groups in total. The van der Waals surface area contributed by atoms with Gasteiger partial charge in [-0.1, -0.05) is 13.0 Å². The van der Waals surface area contributed by atoms with Gasteiger partial charge in [0.2, 0.25) is 11.7 Å². The minimum atomic E-state index is -4.89. The molecule has 2 aliphatic heterocycles. The molecule has 1 atom stereocenters. The Kier molecular flexibility index (Phi) is 8.83. The maximum Gasteiger partial charge on any atom is 0.437 e. The van der Waals surface area contributed by atoms with Gasteiger partial charge in [-0.2, -0.15) is 18.2 Å². The van der Waals surface area contributed by atoms with E-state index in [1.165, 1.54) is 18.3 Å². The summed E-state index contributed by atoms with van der Waals surface area (Å²) >= 11 is 0. The lowest BCUT2D eigenvalue weighted by atomic mass is 10.0. The van der Waals surface area contributed by atoms with Crippen LogP contribution < -0.4 is 15.1 Å². The van der Waals surface area contributed by atoms with E-state index in [0.29, 0.717) is 51.5 Å². The molecule has 230 valence electrons. The number of benzene rings is 1. The smallest absolute Gasteiger partial charge is 0.417 e. The summed E-state index contributed by atoms with van der Waals surface area (Å²) in [6.07, 6.45) is -1.64. The standard InChI is InChI=1S/C29H31F5N6O3/c1-18-5-3-10-40(17-18)28-37-26(29(32,33)34)25(43-28)27(42)36-19-8-9-23(35-16-19)38-11-4-12-39(14-13-38)24(41)15-20-21(30)6-2-7-22(20)31/h2,6-9,16,18H,3-5,10-15,17H2,1H3,(H,36,42). The molecular formula is C29H31F5N6O3. The number of piperidine rings is 1. The summed E-state index contributed by atoms with van der Waals surface area (Å²) in [5.74, 6) is -3.15. The summed E-state index contributed by atoms with van der Waals surface area (Å²) in [5.41, 5.74) is -1.49. The first-order valence-electron chi connectivity index (χ1n) is 14.1. The molecule has 2 fully saturated rings. The average Bonchev–Trinajstić information content (AvgIpc) is 3.29. The number of hydrogen-bond acceptors (Lipinski definition) is 7. The second-order valence-corrected chi connectivity index (χ2v) is 10.8. The normalized spacial score (nSPS) is 18.0. The molecule has 1 unspecified atom stereocenters. The van der Waals surface area contributed by atoms with Crippen molar-refractivity contribution < 1.29 is 36.0 Å². The third-order valence-electron chi connectivity index (χ3n) is 7.59. The zero-order valence-electron chi connectivity index (χ0n) is 23.5. The van der Waals surface area contributed by atoms with Crippen molar-refractivity contribution in [2.75, 3.05) is 54.4 Å². The number of rotatable bonds is 6. The van der Waals surface area contributed by atoms with Crippen molar-refractivity contribution in [3.8, 4) is 0 Å². The molecule has 5 rings (SSSR count). The maximum atomic E-state index is 14.0. The third kappa shape index (κ3) is 7.05. The first kappa shape index (κ1) is 30.2. The number of carbonyl (C=O) groups excluding carboxylic acids is 2. The van der Waals surface area contributed by atoms with Crippen LogP contribution in [0.1, 0.15) is 48.0 Å². The summed E-state index contributed by atoms with van der Waals surface area (Å²) < 4.78 is 74.5. The first-order valence-corrected chi connectivity index (χ1v) is 14.1. The van der Waals surface area contributed by atoms with Gasteiger partial charge in [0.05, 0.1) is 18.3 Å². The Morgan fingerprint density at radius 2 is 1.74 bits per heavy atom. The van der Waals surface area contributed by atoms with Crippen LogP contribution in [0.25, 0.3) is 0 Å². The van der Waals surface area contributed by atoms with Gasteiger partial charge >= 0.3 is 6.18 Å². The second kappa shape index (κ2) is 12.6. The molecule has 3 aromatic rings. The van der Waals surface area contributed by atoms with E-state index in [4.69, 9.17) is 4.42 Å². The fourth-order valence-corrected chi connectivity index (χ4v) is 5.35. The number of halogens is 5. The van der Waals surface area contributed by atoms with E-state index in [-0.39, 0.29) is 35.5 Å². The molecular weight excluding hydrogens is 575 g/mol. The van der Waals surface area contributed by atoms with Crippen molar-refractivity contribution in [2.45, 2.75) is 38.8 Å². The highest BCUT2D eigenvalue weighted by molar-refractivity contribution is 6.03. The minimum Gasteiger partial charge on any atom is -0.417 e. The summed E-state index contributed by atoms with van der Waals surface area (Å²) in [4.78, 5) is 38.7. The van der Waals surface area contributed by atoms with E-state index in [9.17, 15) is 31.5 Å². The Balaban J connectivity index is 1.22. The van der Waals surface area contributed by atoms with Crippen LogP contribution in [0, 0.1) is 17.6 Å². The molecule has 2 aliphatic rings. The molecule has 0 saturated carbocycles. The van der Waals surface area contributed by atoms with Crippen LogP contribution in [-0.2, 0) is 17.4 Å². The molecule has 1 aromatic carbocycles. The lowest BCUT2D eigenvalue weighted by molar-refractivity contribution is -0.141. The SMILES string of the molecule is CC1CCCN(c2nc(C(F)(F)F)c(C(=O)Nc3ccc(N4CCCN(C(=O)Cc5c(F)cccc5F)CC4)nc3)o2)C1. The zero-order chi connectivity index (χ0) is 30.7. The Morgan fingerprint density at radius 1 is 1.00 bits per heavy atom. The first-order chi connectivity index (χ1) is 20.5. The van der Waals surface area contributed by atoms with Crippen LogP contribution in [0.15, 0.2) is 40.9 Å². The highest BCUT2D eigenvalue weighted by Crippen LogP contribution is 2.35. The van der Waals surface area contributed by atoms with E-state index in [1.807, 2.05) is 11.8 Å². The van der Waals surface area contributed by atoms with Crippen LogP contribution in [0.2, 0.25) is 0 Å². The number of hydrogen-bond donors (Lipinski definition) is 1. The fraction of sp³-hybridized carbons (Fsp3) is 0.448. The lowest BCUT2D eigenvalue weighted by Crippen LogP contribution is -2.36. The summed E-state index contributed by atoms with van der Waals surface area (Å²) in [7, 11) is 0. The van der Waals surface area contributed by atoms with Gasteiger partial charge in [-0.3, -0.25) is 9.59 Å². The molecule has 0 bridgehead atoms. The number of alkyl halides is 3. The predicted molar refractivity (Wildman–Crippen MR) is 148 cm³/mol. The summed E-state index contributed by atoms with van der Waals surface area (Å²) in [5, 5.41) is 2.41. The Labute approximate surface area is 244 Å². The summed E-state index contributed by atoms with van der Waals surface area (Å²) in [6.45, 7) is 4.60. The van der Waals surface area contributed by atoms with Crippen LogP contribution in [0.3, 0.4) is 0 Å². The van der Waals surface area contributed by atoms with E-state index < -0.39 is 35.2 Å². The van der Waals surface area contributed by atoms with E-state index in [2.05, 4.69) is 15.3 Å². The lowest BCUT2D eigenvalue weighted by Gasteiger charge is -2.29. The molecule has 14 heteroatoms. The number of oxazole rings is 1. The number of pyridine rings is 1.